The highest BCUT2D eigenvalue weighted by atomic mass is 16.5. The second-order valence-corrected chi connectivity index (χ2v) is 7.47. The number of carbonyl (C=O) groups excluding carboxylic acids is 1. The number of carbonyl (C=O) groups is 2. The first-order valence-electron chi connectivity index (χ1n) is 9.88. The minimum Gasteiger partial charge on any atom is -0.481 e. The second kappa shape index (κ2) is 9.09. The van der Waals surface area contributed by atoms with E-state index in [0.29, 0.717) is 6.42 Å². The van der Waals surface area contributed by atoms with E-state index >= 15 is 0 Å². The van der Waals surface area contributed by atoms with Crippen molar-refractivity contribution in [3.05, 3.63) is 59.7 Å². The fourth-order valence-corrected chi connectivity index (χ4v) is 3.70. The summed E-state index contributed by atoms with van der Waals surface area (Å²) in [6.45, 7) is 4.37. The van der Waals surface area contributed by atoms with E-state index in [1.165, 1.54) is 11.1 Å². The van der Waals surface area contributed by atoms with Crippen LogP contribution in [0.15, 0.2) is 48.5 Å². The number of benzene rings is 2. The molecule has 1 aliphatic rings. The van der Waals surface area contributed by atoms with Gasteiger partial charge in [0.15, 0.2) is 0 Å². The Bertz CT molecular complexity index is 836. The average molecular weight is 397 g/mol. The normalized spacial score (nSPS) is 14.6. The molecule has 1 aliphatic carbocycles. The van der Waals surface area contributed by atoms with Gasteiger partial charge < -0.3 is 19.9 Å². The maximum absolute atomic E-state index is 12.1. The zero-order chi connectivity index (χ0) is 20.9. The third-order valence-corrected chi connectivity index (χ3v) is 5.44. The van der Waals surface area contributed by atoms with E-state index in [1.54, 1.807) is 6.92 Å². The third-order valence-electron chi connectivity index (χ3n) is 5.44. The number of ether oxygens (including phenoxy) is 2. The van der Waals surface area contributed by atoms with Gasteiger partial charge in [0.05, 0.1) is 18.6 Å². The lowest BCUT2D eigenvalue weighted by molar-refractivity contribution is -0.144. The monoisotopic (exact) mass is 397 g/mol. The van der Waals surface area contributed by atoms with E-state index in [9.17, 15) is 9.59 Å². The Balaban J connectivity index is 1.50. The Morgan fingerprint density at radius 3 is 2.21 bits per heavy atom. The number of aliphatic carboxylic acids is 1. The summed E-state index contributed by atoms with van der Waals surface area (Å²) in [5.74, 6) is -0.887. The maximum atomic E-state index is 12.1. The summed E-state index contributed by atoms with van der Waals surface area (Å²) in [6, 6.07) is 16.3. The molecule has 154 valence electrons. The topological polar surface area (TPSA) is 84.9 Å². The van der Waals surface area contributed by atoms with E-state index in [-0.39, 0.29) is 32.1 Å². The second-order valence-electron chi connectivity index (χ2n) is 7.47. The first kappa shape index (κ1) is 20.9. The molecule has 6 nitrogen and oxygen atoms in total. The first-order valence-corrected chi connectivity index (χ1v) is 9.88. The highest BCUT2D eigenvalue weighted by Crippen LogP contribution is 2.44. The number of hydrogen-bond donors (Lipinski definition) is 2. The zero-order valence-corrected chi connectivity index (χ0v) is 16.8. The Labute approximate surface area is 170 Å². The number of amides is 1. The van der Waals surface area contributed by atoms with Crippen LogP contribution in [0.4, 0.5) is 4.79 Å². The van der Waals surface area contributed by atoms with Gasteiger partial charge in [-0.05, 0) is 35.6 Å². The maximum Gasteiger partial charge on any atom is 0.407 e. The Morgan fingerprint density at radius 1 is 1.07 bits per heavy atom. The molecule has 0 aromatic heterocycles. The number of nitrogens with one attached hydrogen (secondary N) is 1. The van der Waals surface area contributed by atoms with E-state index in [1.807, 2.05) is 31.2 Å². The fourth-order valence-electron chi connectivity index (χ4n) is 3.70. The molecule has 1 atom stereocenters. The van der Waals surface area contributed by atoms with Crippen LogP contribution < -0.4 is 5.32 Å². The van der Waals surface area contributed by atoms with Crippen LogP contribution in [0, 0.1) is 0 Å². The lowest BCUT2D eigenvalue weighted by Gasteiger charge is -2.26. The molecule has 1 amide bonds. The van der Waals surface area contributed by atoms with Gasteiger partial charge in [-0.3, -0.25) is 4.79 Å². The van der Waals surface area contributed by atoms with Crippen molar-refractivity contribution >= 4 is 12.1 Å². The molecular weight excluding hydrogens is 370 g/mol. The Hall–Kier alpha value is -2.86. The molecule has 0 heterocycles. The van der Waals surface area contributed by atoms with Gasteiger partial charge in [-0.1, -0.05) is 55.5 Å². The molecule has 6 heteroatoms. The largest absolute Gasteiger partial charge is 0.481 e. The van der Waals surface area contributed by atoms with Crippen molar-refractivity contribution < 1.29 is 24.2 Å². The molecule has 0 saturated carbocycles. The smallest absolute Gasteiger partial charge is 0.407 e. The van der Waals surface area contributed by atoms with Gasteiger partial charge in [-0.15, -0.1) is 0 Å². The Kier molecular flexibility index (Phi) is 6.54. The van der Waals surface area contributed by atoms with Crippen LogP contribution in [-0.2, 0) is 14.3 Å². The summed E-state index contributed by atoms with van der Waals surface area (Å²) in [5.41, 5.74) is 3.95. The number of alkyl carbamates (subject to hydrolysis) is 1. The molecular formula is C23H27NO5. The van der Waals surface area contributed by atoms with E-state index < -0.39 is 17.7 Å². The fraction of sp³-hybridized carbons (Fsp3) is 0.391. The van der Waals surface area contributed by atoms with Gasteiger partial charge in [0.1, 0.15) is 6.61 Å². The van der Waals surface area contributed by atoms with Crippen molar-refractivity contribution in [2.75, 3.05) is 19.8 Å². The van der Waals surface area contributed by atoms with Crippen LogP contribution in [-0.4, -0.2) is 42.5 Å². The number of fused-ring (bicyclic) bond motifs is 3. The van der Waals surface area contributed by atoms with Crippen molar-refractivity contribution in [3.8, 4) is 11.1 Å². The lowest BCUT2D eigenvalue weighted by atomic mass is 9.98. The predicted octanol–water partition coefficient (Wildman–Crippen LogP) is 4.19. The SMILES string of the molecule is CCC(C)(CC(=O)O)OCCNC(=O)OCC1c2ccccc2-c2ccccc21. The summed E-state index contributed by atoms with van der Waals surface area (Å²) in [6.07, 6.45) is -0.00880. The van der Waals surface area contributed by atoms with Gasteiger partial charge in [0, 0.05) is 12.5 Å². The summed E-state index contributed by atoms with van der Waals surface area (Å²) in [7, 11) is 0. The quantitative estimate of drug-likeness (QED) is 0.620. The highest BCUT2D eigenvalue weighted by molar-refractivity contribution is 5.79. The van der Waals surface area contributed by atoms with Crippen LogP contribution in [0.2, 0.25) is 0 Å². The van der Waals surface area contributed by atoms with Crippen molar-refractivity contribution in [2.45, 2.75) is 38.2 Å². The molecule has 3 rings (SSSR count). The number of hydrogen-bond acceptors (Lipinski definition) is 4. The average Bonchev–Trinajstić information content (AvgIpc) is 3.03. The summed E-state index contributed by atoms with van der Waals surface area (Å²) in [4.78, 5) is 23.0. The molecule has 1 unspecified atom stereocenters. The number of carboxylic acid groups (broad SMARTS) is 1. The summed E-state index contributed by atoms with van der Waals surface area (Å²) in [5, 5.41) is 11.6. The predicted molar refractivity (Wildman–Crippen MR) is 110 cm³/mol. The minimum absolute atomic E-state index is 0.0170. The molecule has 0 spiro atoms. The zero-order valence-electron chi connectivity index (χ0n) is 16.8. The molecule has 2 aromatic rings. The van der Waals surface area contributed by atoms with Crippen molar-refractivity contribution in [1.82, 2.24) is 5.32 Å². The van der Waals surface area contributed by atoms with Gasteiger partial charge in [0.25, 0.3) is 0 Å². The van der Waals surface area contributed by atoms with Crippen LogP contribution in [0.25, 0.3) is 11.1 Å². The van der Waals surface area contributed by atoms with Crippen molar-refractivity contribution in [1.29, 1.82) is 0 Å². The summed E-state index contributed by atoms with van der Waals surface area (Å²) < 4.78 is 11.1. The van der Waals surface area contributed by atoms with Gasteiger partial charge >= 0.3 is 12.1 Å². The number of carboxylic acids is 1. The molecule has 0 radical (unpaired) electrons. The van der Waals surface area contributed by atoms with Gasteiger partial charge in [-0.25, -0.2) is 4.79 Å². The lowest BCUT2D eigenvalue weighted by Crippen LogP contribution is -2.35. The summed E-state index contributed by atoms with van der Waals surface area (Å²) >= 11 is 0. The van der Waals surface area contributed by atoms with Crippen molar-refractivity contribution in [3.63, 3.8) is 0 Å². The molecule has 0 saturated heterocycles. The van der Waals surface area contributed by atoms with E-state index in [2.05, 4.69) is 29.6 Å². The molecule has 2 aromatic carbocycles. The molecule has 29 heavy (non-hydrogen) atoms. The van der Waals surface area contributed by atoms with Crippen LogP contribution >= 0.6 is 0 Å². The van der Waals surface area contributed by atoms with E-state index in [0.717, 1.165) is 11.1 Å². The third kappa shape index (κ3) is 4.95. The molecule has 2 N–H and O–H groups in total. The standard InChI is InChI=1S/C23H27NO5/c1-3-23(2,14-21(25)26)29-13-12-24-22(27)28-15-20-18-10-6-4-8-16(18)17-9-5-7-11-19(17)20/h4-11,20H,3,12-15H2,1-2H3,(H,24,27)(H,25,26). The van der Waals surface area contributed by atoms with Crippen molar-refractivity contribution in [2.24, 2.45) is 0 Å². The van der Waals surface area contributed by atoms with Gasteiger partial charge in [0.2, 0.25) is 0 Å². The van der Waals surface area contributed by atoms with Gasteiger partial charge in [-0.2, -0.15) is 0 Å². The van der Waals surface area contributed by atoms with Crippen LogP contribution in [0.5, 0.6) is 0 Å². The molecule has 0 bridgehead atoms. The minimum atomic E-state index is -0.904. The molecule has 0 fully saturated rings. The van der Waals surface area contributed by atoms with E-state index in [4.69, 9.17) is 14.6 Å². The Morgan fingerprint density at radius 2 is 1.66 bits per heavy atom. The highest BCUT2D eigenvalue weighted by Gasteiger charge is 2.29. The number of rotatable bonds is 9. The first-order chi connectivity index (χ1) is 13.9. The van der Waals surface area contributed by atoms with Crippen LogP contribution in [0.1, 0.15) is 43.7 Å². The molecule has 0 aliphatic heterocycles. The van der Waals surface area contributed by atoms with Crippen LogP contribution in [0.3, 0.4) is 0 Å².